The molecule has 0 fully saturated rings. The molecule has 0 saturated carbocycles. The molecule has 0 N–H and O–H groups in total. The average molecular weight is 252 g/mol. The smallest absolute Gasteiger partial charge is 0.0374 e. The van der Waals surface area contributed by atoms with E-state index in [4.69, 9.17) is 0 Å². The van der Waals surface area contributed by atoms with Crippen molar-refractivity contribution in [3.05, 3.63) is 70.6 Å². The molecule has 0 saturated heterocycles. The summed E-state index contributed by atoms with van der Waals surface area (Å²) in [5.74, 6) is 0. The van der Waals surface area contributed by atoms with Crippen LogP contribution >= 0.6 is 11.3 Å². The Morgan fingerprint density at radius 1 is 0.889 bits per heavy atom. The minimum absolute atomic E-state index is 1.12. The van der Waals surface area contributed by atoms with Crippen molar-refractivity contribution in [3.63, 3.8) is 0 Å². The van der Waals surface area contributed by atoms with Crippen molar-refractivity contribution in [3.8, 4) is 0 Å². The van der Waals surface area contributed by atoms with Crippen LogP contribution in [0.5, 0.6) is 0 Å². The van der Waals surface area contributed by atoms with Gasteiger partial charge in [-0.25, -0.2) is 0 Å². The monoisotopic (exact) mass is 252 g/mol. The molecule has 0 bridgehead atoms. The summed E-state index contributed by atoms with van der Waals surface area (Å²) in [5.41, 5.74) is 4.36. The van der Waals surface area contributed by atoms with Crippen LogP contribution in [0.25, 0.3) is 10.1 Å². The van der Waals surface area contributed by atoms with Crippen molar-refractivity contribution in [2.24, 2.45) is 0 Å². The van der Waals surface area contributed by atoms with Crippen molar-refractivity contribution in [2.45, 2.75) is 19.8 Å². The molecule has 1 heteroatoms. The first-order chi connectivity index (χ1) is 8.84. The van der Waals surface area contributed by atoms with Crippen LogP contribution in [0.2, 0.25) is 0 Å². The van der Waals surface area contributed by atoms with E-state index in [1.807, 2.05) is 11.3 Å². The molecule has 1 heterocycles. The standard InChI is InChI=1S/C17H16S/c1-13-15(8-7-14-5-3-2-4-6-14)9-10-16-11-12-18-17(13)16/h2-6,9-12H,7-8H2,1H3. The summed E-state index contributed by atoms with van der Waals surface area (Å²) in [5, 5.41) is 3.56. The zero-order valence-corrected chi connectivity index (χ0v) is 11.3. The topological polar surface area (TPSA) is 0 Å². The van der Waals surface area contributed by atoms with Crippen LogP contribution in [0.4, 0.5) is 0 Å². The molecule has 0 atom stereocenters. The number of hydrogen-bond donors (Lipinski definition) is 0. The number of thiophene rings is 1. The van der Waals surface area contributed by atoms with Gasteiger partial charge in [0.2, 0.25) is 0 Å². The normalized spacial score (nSPS) is 10.9. The molecule has 0 amide bonds. The SMILES string of the molecule is Cc1c(CCc2ccccc2)ccc2ccsc12. The van der Waals surface area contributed by atoms with Crippen LogP contribution in [-0.4, -0.2) is 0 Å². The Labute approximate surface area is 112 Å². The highest BCUT2D eigenvalue weighted by atomic mass is 32.1. The molecule has 0 radical (unpaired) electrons. The minimum Gasteiger partial charge on any atom is -0.144 e. The Morgan fingerprint density at radius 2 is 1.72 bits per heavy atom. The summed E-state index contributed by atoms with van der Waals surface area (Å²) in [7, 11) is 0. The fraction of sp³-hybridized carbons (Fsp3) is 0.176. The lowest BCUT2D eigenvalue weighted by molar-refractivity contribution is 0.953. The lowest BCUT2D eigenvalue weighted by atomic mass is 9.99. The quantitative estimate of drug-likeness (QED) is 0.615. The van der Waals surface area contributed by atoms with E-state index in [0.717, 1.165) is 12.8 Å². The van der Waals surface area contributed by atoms with Crippen LogP contribution in [-0.2, 0) is 12.8 Å². The van der Waals surface area contributed by atoms with Crippen molar-refractivity contribution in [1.29, 1.82) is 0 Å². The van der Waals surface area contributed by atoms with Crippen molar-refractivity contribution >= 4 is 21.4 Å². The van der Waals surface area contributed by atoms with Gasteiger partial charge in [0.05, 0.1) is 0 Å². The van der Waals surface area contributed by atoms with Crippen LogP contribution in [0.15, 0.2) is 53.9 Å². The highest BCUT2D eigenvalue weighted by Gasteiger charge is 2.04. The van der Waals surface area contributed by atoms with Crippen LogP contribution in [0.1, 0.15) is 16.7 Å². The third-order valence-electron chi connectivity index (χ3n) is 3.51. The predicted octanol–water partition coefficient (Wildman–Crippen LogP) is 4.99. The number of benzene rings is 2. The molecule has 0 spiro atoms. The average Bonchev–Trinajstić information content (AvgIpc) is 2.88. The van der Waals surface area contributed by atoms with Gasteiger partial charge in [-0.05, 0) is 53.3 Å². The van der Waals surface area contributed by atoms with Gasteiger partial charge in [0, 0.05) is 4.70 Å². The zero-order valence-electron chi connectivity index (χ0n) is 10.5. The summed E-state index contributed by atoms with van der Waals surface area (Å²) in [4.78, 5) is 0. The van der Waals surface area contributed by atoms with E-state index in [1.165, 1.54) is 26.8 Å². The predicted molar refractivity (Wildman–Crippen MR) is 80.4 cm³/mol. The highest BCUT2D eigenvalue weighted by molar-refractivity contribution is 7.17. The van der Waals surface area contributed by atoms with Crippen molar-refractivity contribution < 1.29 is 0 Å². The van der Waals surface area contributed by atoms with Gasteiger partial charge in [0.1, 0.15) is 0 Å². The molecule has 0 aliphatic carbocycles. The summed E-state index contributed by atoms with van der Waals surface area (Å²) in [6.07, 6.45) is 2.25. The number of fused-ring (bicyclic) bond motifs is 1. The van der Waals surface area contributed by atoms with E-state index >= 15 is 0 Å². The third kappa shape index (κ3) is 2.19. The molecular formula is C17H16S. The molecule has 18 heavy (non-hydrogen) atoms. The van der Waals surface area contributed by atoms with Gasteiger partial charge in [0.15, 0.2) is 0 Å². The molecule has 90 valence electrons. The minimum atomic E-state index is 1.12. The molecular weight excluding hydrogens is 236 g/mol. The van der Waals surface area contributed by atoms with Crippen molar-refractivity contribution in [1.82, 2.24) is 0 Å². The van der Waals surface area contributed by atoms with Crippen molar-refractivity contribution in [2.75, 3.05) is 0 Å². The number of hydrogen-bond acceptors (Lipinski definition) is 1. The number of aryl methyl sites for hydroxylation is 3. The van der Waals surface area contributed by atoms with E-state index < -0.39 is 0 Å². The maximum Gasteiger partial charge on any atom is 0.0374 e. The molecule has 1 aromatic heterocycles. The second-order valence-corrected chi connectivity index (χ2v) is 5.59. The molecule has 0 aliphatic heterocycles. The van der Waals surface area contributed by atoms with E-state index in [9.17, 15) is 0 Å². The Bertz CT molecular complexity index is 650. The maximum absolute atomic E-state index is 2.29. The first kappa shape index (κ1) is 11.5. The zero-order chi connectivity index (χ0) is 12.4. The van der Waals surface area contributed by atoms with Gasteiger partial charge in [-0.15, -0.1) is 11.3 Å². The molecule has 2 aromatic carbocycles. The first-order valence-electron chi connectivity index (χ1n) is 6.34. The van der Waals surface area contributed by atoms with E-state index in [0.29, 0.717) is 0 Å². The van der Waals surface area contributed by atoms with Gasteiger partial charge in [-0.2, -0.15) is 0 Å². The Morgan fingerprint density at radius 3 is 2.56 bits per heavy atom. The van der Waals surface area contributed by atoms with E-state index in [1.54, 1.807) is 0 Å². The lowest BCUT2D eigenvalue weighted by Gasteiger charge is -2.07. The second-order valence-electron chi connectivity index (χ2n) is 4.67. The summed E-state index contributed by atoms with van der Waals surface area (Å²) >= 11 is 1.85. The fourth-order valence-corrected chi connectivity index (χ4v) is 3.34. The van der Waals surface area contributed by atoms with Crippen LogP contribution in [0.3, 0.4) is 0 Å². The largest absolute Gasteiger partial charge is 0.144 e. The Hall–Kier alpha value is -1.60. The van der Waals surface area contributed by atoms with Gasteiger partial charge < -0.3 is 0 Å². The lowest BCUT2D eigenvalue weighted by Crippen LogP contribution is -1.93. The molecule has 3 aromatic rings. The molecule has 0 aliphatic rings. The summed E-state index contributed by atoms with van der Waals surface area (Å²) in [6.45, 7) is 2.25. The maximum atomic E-state index is 2.29. The highest BCUT2D eigenvalue weighted by Crippen LogP contribution is 2.27. The second kappa shape index (κ2) is 4.95. The van der Waals surface area contributed by atoms with E-state index in [2.05, 4.69) is 60.8 Å². The van der Waals surface area contributed by atoms with Gasteiger partial charge >= 0.3 is 0 Å². The van der Waals surface area contributed by atoms with Crippen LogP contribution < -0.4 is 0 Å². The van der Waals surface area contributed by atoms with E-state index in [-0.39, 0.29) is 0 Å². The van der Waals surface area contributed by atoms with Gasteiger partial charge in [0.25, 0.3) is 0 Å². The summed E-state index contributed by atoms with van der Waals surface area (Å²) < 4.78 is 1.44. The third-order valence-corrected chi connectivity index (χ3v) is 4.56. The summed E-state index contributed by atoms with van der Waals surface area (Å²) in [6, 6.07) is 17.5. The molecule has 0 nitrogen and oxygen atoms in total. The van der Waals surface area contributed by atoms with Crippen LogP contribution in [0, 0.1) is 6.92 Å². The Kier molecular flexibility index (Phi) is 3.16. The first-order valence-corrected chi connectivity index (χ1v) is 7.22. The molecule has 0 unspecified atom stereocenters. The fourth-order valence-electron chi connectivity index (χ4n) is 2.41. The molecule has 3 rings (SSSR count). The van der Waals surface area contributed by atoms with Gasteiger partial charge in [-0.1, -0.05) is 42.5 Å². The van der Waals surface area contributed by atoms with Gasteiger partial charge in [-0.3, -0.25) is 0 Å². The Balaban J connectivity index is 1.84. The number of rotatable bonds is 3.